The molecule has 0 bridgehead atoms. The molecule has 2 amide bonds. The van der Waals surface area contributed by atoms with Gasteiger partial charge in [0, 0.05) is 49.8 Å². The second-order valence-electron chi connectivity index (χ2n) is 9.17. The molecule has 3 aromatic rings. The summed E-state index contributed by atoms with van der Waals surface area (Å²) in [6, 6.07) is 11.9. The average molecular weight is 492 g/mol. The first-order valence-corrected chi connectivity index (χ1v) is 13.1. The molecule has 4 rings (SSSR count). The summed E-state index contributed by atoms with van der Waals surface area (Å²) in [5.74, 6) is -0.293. The van der Waals surface area contributed by atoms with E-state index in [9.17, 15) is 9.59 Å². The molecule has 0 spiro atoms. The number of amides is 2. The lowest BCUT2D eigenvalue weighted by Gasteiger charge is -2.41. The van der Waals surface area contributed by atoms with Gasteiger partial charge in [0.1, 0.15) is 0 Å². The first kappa shape index (κ1) is 25.0. The number of rotatable bonds is 10. The maximum absolute atomic E-state index is 13.3. The van der Waals surface area contributed by atoms with Gasteiger partial charge in [-0.2, -0.15) is 11.3 Å². The van der Waals surface area contributed by atoms with Crippen LogP contribution in [0, 0.1) is 0 Å². The molecular weight excluding hydrogens is 458 g/mol. The minimum atomic E-state index is -0.428. The number of likely N-dealkylation sites (tertiary alicyclic amines) is 1. The van der Waals surface area contributed by atoms with Gasteiger partial charge >= 0.3 is 0 Å². The van der Waals surface area contributed by atoms with E-state index in [0.717, 1.165) is 43.7 Å². The highest BCUT2D eigenvalue weighted by Crippen LogP contribution is 2.23. The van der Waals surface area contributed by atoms with E-state index in [2.05, 4.69) is 43.5 Å². The molecule has 4 heterocycles. The Hall–Kier alpha value is -3.10. The van der Waals surface area contributed by atoms with Crippen LogP contribution >= 0.6 is 11.3 Å². The zero-order valence-corrected chi connectivity index (χ0v) is 21.0. The molecular formula is C27H33N5O2S. The zero-order chi connectivity index (χ0) is 24.6. The standard InChI is InChI=1S/C27H33N5O2S/c1-20(7-8-25-24(27(28)34)6-4-13-30-25)31-14-9-23(10-15-31)32(18-21-11-16-35-19-21)26(33)17-22-5-2-3-12-29-22/h2-6,11-13,16,19-20,23H,7-10,14-15,17-18H2,1H3,(H2,28,34)/t20-/m1/s1. The number of piperidine rings is 1. The molecule has 0 aliphatic carbocycles. The number of carbonyl (C=O) groups is 2. The number of aromatic nitrogens is 2. The number of primary amides is 1. The van der Waals surface area contributed by atoms with Gasteiger partial charge in [-0.3, -0.25) is 19.6 Å². The summed E-state index contributed by atoms with van der Waals surface area (Å²) in [6.45, 7) is 4.75. The monoisotopic (exact) mass is 491 g/mol. The van der Waals surface area contributed by atoms with Gasteiger partial charge in [0.25, 0.3) is 5.91 Å². The molecule has 1 fully saturated rings. The van der Waals surface area contributed by atoms with Crippen molar-refractivity contribution in [3.63, 3.8) is 0 Å². The first-order chi connectivity index (χ1) is 17.0. The Morgan fingerprint density at radius 3 is 2.63 bits per heavy atom. The molecule has 184 valence electrons. The lowest BCUT2D eigenvalue weighted by atomic mass is 9.98. The number of pyridine rings is 2. The molecule has 0 saturated carbocycles. The summed E-state index contributed by atoms with van der Waals surface area (Å²) in [5.41, 5.74) is 8.77. The Balaban J connectivity index is 1.35. The normalized spacial score (nSPS) is 15.6. The summed E-state index contributed by atoms with van der Waals surface area (Å²) in [7, 11) is 0. The third-order valence-electron chi connectivity index (χ3n) is 6.83. The van der Waals surface area contributed by atoms with Crippen LogP contribution in [0.5, 0.6) is 0 Å². The highest BCUT2D eigenvalue weighted by Gasteiger charge is 2.30. The Morgan fingerprint density at radius 1 is 1.14 bits per heavy atom. The Kier molecular flexibility index (Phi) is 8.60. The molecule has 1 saturated heterocycles. The van der Waals surface area contributed by atoms with Crippen LogP contribution < -0.4 is 5.73 Å². The molecule has 0 unspecified atom stereocenters. The second-order valence-corrected chi connectivity index (χ2v) is 9.95. The van der Waals surface area contributed by atoms with Gasteiger partial charge in [-0.05, 0) is 79.3 Å². The summed E-state index contributed by atoms with van der Waals surface area (Å²) < 4.78 is 0. The summed E-state index contributed by atoms with van der Waals surface area (Å²) >= 11 is 1.66. The van der Waals surface area contributed by atoms with Gasteiger partial charge < -0.3 is 15.5 Å². The van der Waals surface area contributed by atoms with E-state index in [1.54, 1.807) is 35.9 Å². The minimum Gasteiger partial charge on any atom is -0.366 e. The zero-order valence-electron chi connectivity index (χ0n) is 20.2. The van der Waals surface area contributed by atoms with Crippen LogP contribution in [0.4, 0.5) is 0 Å². The summed E-state index contributed by atoms with van der Waals surface area (Å²) in [6.07, 6.45) is 7.28. The fourth-order valence-electron chi connectivity index (χ4n) is 4.79. The SMILES string of the molecule is C[C@H](CCc1ncccc1C(N)=O)N1CCC(N(Cc2ccsc2)C(=O)Cc2ccccn2)CC1. The highest BCUT2D eigenvalue weighted by molar-refractivity contribution is 7.07. The van der Waals surface area contributed by atoms with Gasteiger partial charge in [-0.1, -0.05) is 6.07 Å². The van der Waals surface area contributed by atoms with Crippen molar-refractivity contribution in [3.05, 3.63) is 82.1 Å². The predicted octanol–water partition coefficient (Wildman–Crippen LogP) is 3.69. The number of aryl methyl sites for hydroxylation is 1. The van der Waals surface area contributed by atoms with Crippen molar-refractivity contribution >= 4 is 23.2 Å². The lowest BCUT2D eigenvalue weighted by Crippen LogP contribution is -2.49. The van der Waals surface area contributed by atoms with Crippen molar-refractivity contribution in [2.75, 3.05) is 13.1 Å². The molecule has 7 nitrogen and oxygen atoms in total. The van der Waals surface area contributed by atoms with E-state index in [4.69, 9.17) is 5.73 Å². The number of hydrogen-bond acceptors (Lipinski definition) is 6. The van der Waals surface area contributed by atoms with E-state index in [1.165, 1.54) is 5.56 Å². The number of nitrogens with two attached hydrogens (primary N) is 1. The van der Waals surface area contributed by atoms with Crippen LogP contribution in [0.25, 0.3) is 0 Å². The van der Waals surface area contributed by atoms with E-state index >= 15 is 0 Å². The van der Waals surface area contributed by atoms with Gasteiger partial charge in [-0.15, -0.1) is 0 Å². The second kappa shape index (κ2) is 12.0. The van der Waals surface area contributed by atoms with Crippen LogP contribution in [0.3, 0.4) is 0 Å². The third-order valence-corrected chi connectivity index (χ3v) is 7.56. The summed E-state index contributed by atoms with van der Waals surface area (Å²) in [4.78, 5) is 38.3. The number of hydrogen-bond donors (Lipinski definition) is 1. The van der Waals surface area contributed by atoms with Crippen LogP contribution in [-0.2, 0) is 24.2 Å². The van der Waals surface area contributed by atoms with Gasteiger partial charge in [-0.25, -0.2) is 0 Å². The third kappa shape index (κ3) is 6.74. The van der Waals surface area contributed by atoms with Crippen molar-refractivity contribution in [3.8, 4) is 0 Å². The van der Waals surface area contributed by atoms with Gasteiger partial charge in [0.2, 0.25) is 5.91 Å². The van der Waals surface area contributed by atoms with Crippen molar-refractivity contribution in [1.29, 1.82) is 0 Å². The van der Waals surface area contributed by atoms with E-state index in [1.807, 2.05) is 18.2 Å². The number of nitrogens with zero attached hydrogens (tertiary/aromatic N) is 4. The van der Waals surface area contributed by atoms with Crippen molar-refractivity contribution < 1.29 is 9.59 Å². The molecule has 0 aromatic carbocycles. The fraction of sp³-hybridized carbons (Fsp3) is 0.407. The molecule has 35 heavy (non-hydrogen) atoms. The smallest absolute Gasteiger partial charge is 0.250 e. The van der Waals surface area contributed by atoms with Gasteiger partial charge in [0.15, 0.2) is 0 Å². The van der Waals surface area contributed by atoms with Crippen LogP contribution in [0.15, 0.2) is 59.6 Å². The fourth-order valence-corrected chi connectivity index (χ4v) is 5.45. The Labute approximate surface area is 211 Å². The highest BCUT2D eigenvalue weighted by atomic mass is 32.1. The molecule has 1 aliphatic heterocycles. The van der Waals surface area contributed by atoms with Gasteiger partial charge in [0.05, 0.1) is 17.7 Å². The Morgan fingerprint density at radius 2 is 1.94 bits per heavy atom. The largest absolute Gasteiger partial charge is 0.366 e. The van der Waals surface area contributed by atoms with Crippen molar-refractivity contribution in [1.82, 2.24) is 19.8 Å². The topological polar surface area (TPSA) is 92.4 Å². The predicted molar refractivity (Wildman–Crippen MR) is 138 cm³/mol. The quantitative estimate of drug-likeness (QED) is 0.467. The molecule has 8 heteroatoms. The maximum Gasteiger partial charge on any atom is 0.250 e. The molecule has 1 atom stereocenters. The first-order valence-electron chi connectivity index (χ1n) is 12.2. The van der Waals surface area contributed by atoms with E-state index < -0.39 is 5.91 Å². The summed E-state index contributed by atoms with van der Waals surface area (Å²) in [5, 5.41) is 4.18. The van der Waals surface area contributed by atoms with E-state index in [-0.39, 0.29) is 11.9 Å². The number of carbonyl (C=O) groups excluding carboxylic acids is 2. The molecule has 1 aliphatic rings. The van der Waals surface area contributed by atoms with Crippen molar-refractivity contribution in [2.24, 2.45) is 5.73 Å². The maximum atomic E-state index is 13.3. The Bertz CT molecular complexity index is 1100. The average Bonchev–Trinajstić information content (AvgIpc) is 3.40. The minimum absolute atomic E-state index is 0.135. The molecule has 2 N–H and O–H groups in total. The molecule has 3 aromatic heterocycles. The van der Waals surface area contributed by atoms with Crippen LogP contribution in [-0.4, -0.2) is 56.8 Å². The number of thiophene rings is 1. The lowest BCUT2D eigenvalue weighted by molar-refractivity contribution is -0.134. The molecule has 0 radical (unpaired) electrons. The van der Waals surface area contributed by atoms with Crippen LogP contribution in [0.2, 0.25) is 0 Å². The van der Waals surface area contributed by atoms with Crippen molar-refractivity contribution in [2.45, 2.75) is 57.7 Å². The van der Waals surface area contributed by atoms with Crippen LogP contribution in [0.1, 0.15) is 53.5 Å². The van der Waals surface area contributed by atoms with E-state index in [0.29, 0.717) is 31.0 Å².